The minimum absolute atomic E-state index is 0.442. The van der Waals surface area contributed by atoms with Crippen molar-refractivity contribution in [3.05, 3.63) is 54.6 Å². The Kier molecular flexibility index (Phi) is 4.00. The lowest BCUT2D eigenvalue weighted by Gasteiger charge is -2.15. The summed E-state index contributed by atoms with van der Waals surface area (Å²) in [7, 11) is 0. The molecule has 1 aromatic heterocycles. The van der Waals surface area contributed by atoms with Gasteiger partial charge in [0.15, 0.2) is 0 Å². The first-order valence-electron chi connectivity index (χ1n) is 5.80. The van der Waals surface area contributed by atoms with Crippen molar-refractivity contribution in [3.8, 4) is 0 Å². The summed E-state index contributed by atoms with van der Waals surface area (Å²) < 4.78 is 2.33. The third-order valence-corrected chi connectivity index (χ3v) is 8.32. The molecule has 0 amide bonds. The largest absolute Gasteiger partial charge is 0.131 e. The van der Waals surface area contributed by atoms with Crippen molar-refractivity contribution < 1.29 is 0 Å². The second-order valence-electron chi connectivity index (χ2n) is 4.61. The monoisotopic (exact) mass is 448 g/mol. The molecule has 2 aromatic rings. The number of thiophene rings is 1. The van der Waals surface area contributed by atoms with E-state index in [1.54, 1.807) is 0 Å². The summed E-state index contributed by atoms with van der Waals surface area (Å²) in [6, 6.07) is 11.0. The van der Waals surface area contributed by atoms with Gasteiger partial charge in [0.05, 0.1) is 8.61 Å². The predicted octanol–water partition coefficient (Wildman–Crippen LogP) is 6.12. The molecule has 0 fully saturated rings. The third kappa shape index (κ3) is 2.49. The topological polar surface area (TPSA) is 0 Å². The van der Waals surface area contributed by atoms with Gasteiger partial charge in [-0.15, -0.1) is 11.3 Å². The van der Waals surface area contributed by atoms with Gasteiger partial charge in [-0.2, -0.15) is 0 Å². The highest BCUT2D eigenvalue weighted by Gasteiger charge is 2.29. The normalized spacial score (nSPS) is 16.8. The van der Waals surface area contributed by atoms with Gasteiger partial charge in [-0.1, -0.05) is 40.2 Å². The Morgan fingerprint density at radius 1 is 1.11 bits per heavy atom. The smallest absolute Gasteiger partial charge is 0.0843 e. The molecule has 1 aliphatic rings. The van der Waals surface area contributed by atoms with E-state index < -0.39 is 0 Å². The number of rotatable bonds is 2. The van der Waals surface area contributed by atoms with Crippen LogP contribution in [0.5, 0.6) is 0 Å². The van der Waals surface area contributed by atoms with Crippen molar-refractivity contribution in [2.45, 2.75) is 17.7 Å². The molecule has 4 heteroatoms. The fourth-order valence-corrected chi connectivity index (χ4v) is 5.48. The van der Waals surface area contributed by atoms with Crippen LogP contribution in [0.3, 0.4) is 0 Å². The van der Waals surface area contributed by atoms with Crippen LogP contribution in [0.15, 0.2) is 38.6 Å². The molecule has 0 saturated heterocycles. The zero-order valence-corrected chi connectivity index (χ0v) is 15.1. The Labute approximate surface area is 136 Å². The van der Waals surface area contributed by atoms with E-state index in [-0.39, 0.29) is 0 Å². The average molecular weight is 451 g/mol. The summed E-state index contributed by atoms with van der Waals surface area (Å²) in [5.74, 6) is 0.667. The van der Waals surface area contributed by atoms with Crippen LogP contribution >= 0.6 is 59.1 Å². The molecule has 1 aliphatic carbocycles. The number of fused-ring (bicyclic) bond motifs is 1. The number of alkyl halides is 1. The van der Waals surface area contributed by atoms with Gasteiger partial charge < -0.3 is 0 Å². The van der Waals surface area contributed by atoms with E-state index in [1.165, 1.54) is 32.6 Å². The standard InChI is InChI=1S/C14H11Br3S/c15-11-7-12(18-14(11)17)13(16)10-5-8-3-1-2-4-9(8)6-10/h1-4,7,10,13H,5-6H2. The van der Waals surface area contributed by atoms with Crippen molar-refractivity contribution in [1.29, 1.82) is 0 Å². The Hall–Kier alpha value is 0.360. The summed E-state index contributed by atoms with van der Waals surface area (Å²) >= 11 is 12.8. The molecule has 0 spiro atoms. The number of halogens is 3. The van der Waals surface area contributed by atoms with E-state index in [1.807, 2.05) is 11.3 Å². The Morgan fingerprint density at radius 3 is 2.22 bits per heavy atom. The first-order chi connectivity index (χ1) is 8.65. The fourth-order valence-electron chi connectivity index (χ4n) is 2.53. The van der Waals surface area contributed by atoms with Gasteiger partial charge in [0.25, 0.3) is 0 Å². The van der Waals surface area contributed by atoms with E-state index >= 15 is 0 Å². The second-order valence-corrected chi connectivity index (χ2v) is 8.85. The lowest BCUT2D eigenvalue weighted by atomic mass is 10.0. The van der Waals surface area contributed by atoms with E-state index in [0.29, 0.717) is 10.7 Å². The van der Waals surface area contributed by atoms with Crippen molar-refractivity contribution in [2.24, 2.45) is 5.92 Å². The number of hydrogen-bond acceptors (Lipinski definition) is 1. The molecule has 0 nitrogen and oxygen atoms in total. The molecule has 1 aromatic carbocycles. The molecule has 94 valence electrons. The third-order valence-electron chi connectivity index (χ3n) is 3.43. The maximum Gasteiger partial charge on any atom is 0.0843 e. The molecular weight excluding hydrogens is 440 g/mol. The van der Waals surface area contributed by atoms with Crippen molar-refractivity contribution in [1.82, 2.24) is 0 Å². The molecule has 1 heterocycles. The van der Waals surface area contributed by atoms with Crippen LogP contribution < -0.4 is 0 Å². The van der Waals surface area contributed by atoms with E-state index in [0.717, 1.165) is 4.47 Å². The maximum absolute atomic E-state index is 3.89. The average Bonchev–Trinajstić information content (AvgIpc) is 2.93. The molecule has 18 heavy (non-hydrogen) atoms. The second kappa shape index (κ2) is 5.39. The minimum Gasteiger partial charge on any atom is -0.131 e. The minimum atomic E-state index is 0.442. The zero-order valence-electron chi connectivity index (χ0n) is 9.50. The Balaban J connectivity index is 1.82. The quantitative estimate of drug-likeness (QED) is 0.483. The number of benzene rings is 1. The van der Waals surface area contributed by atoms with Gasteiger partial charge >= 0.3 is 0 Å². The molecule has 3 rings (SSSR count). The first-order valence-corrected chi connectivity index (χ1v) is 9.12. The SMILES string of the molecule is Brc1cc(C(Br)C2Cc3ccccc3C2)sc1Br. The van der Waals surface area contributed by atoms with Crippen LogP contribution in [0, 0.1) is 5.92 Å². The van der Waals surface area contributed by atoms with Gasteiger partial charge in [-0.3, -0.25) is 0 Å². The Bertz CT molecular complexity index is 532. The molecule has 1 unspecified atom stereocenters. The van der Waals surface area contributed by atoms with Crippen molar-refractivity contribution in [3.63, 3.8) is 0 Å². The molecule has 0 N–H and O–H groups in total. The van der Waals surface area contributed by atoms with Crippen LogP contribution in [0.25, 0.3) is 0 Å². The summed E-state index contributed by atoms with van der Waals surface area (Å²) in [6.07, 6.45) is 2.36. The van der Waals surface area contributed by atoms with E-state index in [4.69, 9.17) is 0 Å². The molecular formula is C14H11Br3S. The highest BCUT2D eigenvalue weighted by atomic mass is 79.9. The van der Waals surface area contributed by atoms with Gasteiger partial charge in [0.1, 0.15) is 0 Å². The highest BCUT2D eigenvalue weighted by molar-refractivity contribution is 9.13. The summed E-state index contributed by atoms with van der Waals surface area (Å²) in [6.45, 7) is 0. The van der Waals surface area contributed by atoms with Crippen LogP contribution in [-0.4, -0.2) is 0 Å². The van der Waals surface area contributed by atoms with Crippen molar-refractivity contribution >= 4 is 59.1 Å². The van der Waals surface area contributed by atoms with Gasteiger partial charge in [0, 0.05) is 9.35 Å². The summed E-state index contributed by atoms with van der Waals surface area (Å²) in [4.78, 5) is 1.84. The molecule has 0 saturated carbocycles. The molecule has 0 radical (unpaired) electrons. The van der Waals surface area contributed by atoms with Gasteiger partial charge in [-0.25, -0.2) is 0 Å². The molecule has 0 bridgehead atoms. The predicted molar refractivity (Wildman–Crippen MR) is 88.7 cm³/mol. The van der Waals surface area contributed by atoms with Crippen LogP contribution in [0.1, 0.15) is 20.8 Å². The van der Waals surface area contributed by atoms with Crippen LogP contribution in [-0.2, 0) is 12.8 Å². The van der Waals surface area contributed by atoms with Gasteiger partial charge in [-0.05, 0) is 67.8 Å². The Morgan fingerprint density at radius 2 is 1.72 bits per heavy atom. The summed E-state index contributed by atoms with van der Waals surface area (Å²) in [5, 5.41) is 0. The van der Waals surface area contributed by atoms with Crippen LogP contribution in [0.2, 0.25) is 0 Å². The van der Waals surface area contributed by atoms with Gasteiger partial charge in [0.2, 0.25) is 0 Å². The van der Waals surface area contributed by atoms with Crippen LogP contribution in [0.4, 0.5) is 0 Å². The maximum atomic E-state index is 3.89. The first kappa shape index (κ1) is 13.3. The molecule has 0 aliphatic heterocycles. The molecule has 1 atom stereocenters. The highest BCUT2D eigenvalue weighted by Crippen LogP contribution is 2.45. The summed E-state index contributed by atoms with van der Waals surface area (Å²) in [5.41, 5.74) is 3.03. The lowest BCUT2D eigenvalue weighted by Crippen LogP contribution is -2.06. The lowest BCUT2D eigenvalue weighted by molar-refractivity contribution is 0.559. The fraction of sp³-hybridized carbons (Fsp3) is 0.286. The van der Waals surface area contributed by atoms with E-state index in [9.17, 15) is 0 Å². The van der Waals surface area contributed by atoms with E-state index in [2.05, 4.69) is 78.1 Å². The zero-order chi connectivity index (χ0) is 12.7. The number of hydrogen-bond donors (Lipinski definition) is 0. The van der Waals surface area contributed by atoms with Crippen molar-refractivity contribution in [2.75, 3.05) is 0 Å².